The Bertz CT molecular complexity index is 2320. The highest BCUT2D eigenvalue weighted by atomic mass is 35.5. The van der Waals surface area contributed by atoms with Crippen LogP contribution in [0.25, 0.3) is 0 Å². The lowest BCUT2D eigenvalue weighted by Gasteiger charge is -2.53. The molecule has 1 fully saturated rings. The molecule has 0 aromatic heterocycles. The molecule has 0 radical (unpaired) electrons. The van der Waals surface area contributed by atoms with E-state index in [0.29, 0.717) is 5.02 Å². The van der Waals surface area contributed by atoms with Crippen molar-refractivity contribution in [1.82, 2.24) is 0 Å². The van der Waals surface area contributed by atoms with Crippen molar-refractivity contribution in [3.8, 4) is 0 Å². The molecular formula is C48H39ClO4Si4. The van der Waals surface area contributed by atoms with Crippen LogP contribution in [-0.4, -0.2) is 34.2 Å². The second-order valence-electron chi connectivity index (χ2n) is 13.9. The van der Waals surface area contributed by atoms with Crippen molar-refractivity contribution >= 4 is 87.3 Å². The van der Waals surface area contributed by atoms with Crippen molar-refractivity contribution in [1.29, 1.82) is 0 Å². The molecule has 0 aliphatic carbocycles. The number of rotatable bonds is 8. The summed E-state index contributed by atoms with van der Waals surface area (Å²) in [5.74, 6) is 0. The highest BCUT2D eigenvalue weighted by Crippen LogP contribution is 2.32. The summed E-state index contributed by atoms with van der Waals surface area (Å²) < 4.78 is 33.7. The summed E-state index contributed by atoms with van der Waals surface area (Å²) in [5.41, 5.74) is 0. The van der Waals surface area contributed by atoms with Gasteiger partial charge in [0, 0.05) is 5.02 Å². The van der Waals surface area contributed by atoms with Crippen molar-refractivity contribution in [2.45, 2.75) is 0 Å². The van der Waals surface area contributed by atoms with Crippen LogP contribution in [0.15, 0.2) is 237 Å². The maximum absolute atomic E-state index is 8.43. The Labute approximate surface area is 343 Å². The van der Waals surface area contributed by atoms with Crippen LogP contribution < -0.4 is 41.5 Å². The predicted octanol–water partition coefficient (Wildman–Crippen LogP) is 5.75. The van der Waals surface area contributed by atoms with E-state index in [9.17, 15) is 0 Å². The first-order valence-corrected chi connectivity index (χ1v) is 26.7. The molecule has 8 aromatic rings. The maximum atomic E-state index is 8.43. The van der Waals surface area contributed by atoms with Crippen LogP contribution in [0.5, 0.6) is 0 Å². The third-order valence-corrected chi connectivity index (χ3v) is 28.6. The summed E-state index contributed by atoms with van der Waals surface area (Å²) in [6.45, 7) is 0. The molecule has 0 atom stereocenters. The normalized spacial score (nSPS) is 16.8. The van der Waals surface area contributed by atoms with Crippen LogP contribution in [-0.2, 0) is 16.5 Å². The largest absolute Gasteiger partial charge is 0.402 e. The van der Waals surface area contributed by atoms with Gasteiger partial charge in [-0.3, -0.25) is 0 Å². The zero-order chi connectivity index (χ0) is 38.6. The molecule has 278 valence electrons. The van der Waals surface area contributed by atoms with E-state index < -0.39 is 34.2 Å². The first-order chi connectivity index (χ1) is 28.1. The second kappa shape index (κ2) is 16.0. The van der Waals surface area contributed by atoms with Gasteiger partial charge in [0.2, 0.25) is 0 Å². The fourth-order valence-electron chi connectivity index (χ4n) is 7.80. The van der Waals surface area contributed by atoms with E-state index in [1.54, 1.807) is 0 Å². The summed E-state index contributed by atoms with van der Waals surface area (Å²) in [5, 5.41) is 8.02. The fourth-order valence-corrected chi connectivity index (χ4v) is 30.7. The fraction of sp³-hybridized carbons (Fsp3) is 0. The van der Waals surface area contributed by atoms with E-state index in [4.69, 9.17) is 28.1 Å². The molecule has 9 rings (SSSR count). The Morgan fingerprint density at radius 2 is 0.421 bits per heavy atom. The molecule has 1 aliphatic heterocycles. The van der Waals surface area contributed by atoms with E-state index in [2.05, 4.69) is 176 Å². The quantitative estimate of drug-likeness (QED) is 0.183. The van der Waals surface area contributed by atoms with Crippen molar-refractivity contribution in [3.05, 3.63) is 242 Å². The van der Waals surface area contributed by atoms with Gasteiger partial charge in [-0.15, -0.1) is 0 Å². The molecule has 0 unspecified atom stereocenters. The Kier molecular flexibility index (Phi) is 10.5. The lowest BCUT2D eigenvalue weighted by Crippen LogP contribution is -2.88. The molecule has 57 heavy (non-hydrogen) atoms. The van der Waals surface area contributed by atoms with Crippen LogP contribution >= 0.6 is 11.6 Å². The zero-order valence-corrected chi connectivity index (χ0v) is 35.8. The van der Waals surface area contributed by atoms with E-state index in [1.165, 1.54) is 0 Å². The molecule has 0 spiro atoms. The van der Waals surface area contributed by atoms with Gasteiger partial charge in [0.05, 0.1) is 0 Å². The molecule has 9 heteroatoms. The van der Waals surface area contributed by atoms with Crippen LogP contribution in [0, 0.1) is 0 Å². The number of benzene rings is 8. The van der Waals surface area contributed by atoms with Gasteiger partial charge < -0.3 is 16.5 Å². The molecule has 0 amide bonds. The molecule has 4 nitrogen and oxygen atoms in total. The molecule has 0 N–H and O–H groups in total. The minimum absolute atomic E-state index is 0.585. The minimum atomic E-state index is -4.00. The Balaban J connectivity index is 1.50. The van der Waals surface area contributed by atoms with E-state index in [0.717, 1.165) is 41.5 Å². The zero-order valence-electron chi connectivity index (χ0n) is 31.0. The Morgan fingerprint density at radius 3 is 0.632 bits per heavy atom. The van der Waals surface area contributed by atoms with Gasteiger partial charge in [-0.05, 0) is 53.6 Å². The third-order valence-electron chi connectivity index (χ3n) is 10.4. The van der Waals surface area contributed by atoms with Gasteiger partial charge in [0.1, 0.15) is 0 Å². The summed E-state index contributed by atoms with van der Waals surface area (Å²) in [7, 11) is -15.8. The molecule has 8 aromatic carbocycles. The summed E-state index contributed by atoms with van der Waals surface area (Å²) in [6.07, 6.45) is 0. The molecule has 1 saturated heterocycles. The minimum Gasteiger partial charge on any atom is -0.402 e. The van der Waals surface area contributed by atoms with E-state index in [-0.39, 0.29) is 0 Å². The lowest BCUT2D eigenvalue weighted by molar-refractivity contribution is 0.268. The van der Waals surface area contributed by atoms with Gasteiger partial charge in [-0.1, -0.05) is 236 Å². The average molecular weight is 828 g/mol. The summed E-state index contributed by atoms with van der Waals surface area (Å²) in [6, 6.07) is 81.0. The standard InChI is InChI=1S/C48H39ClO4Si4/c49-40-23-22-38-48(39-40)57(47-36-20-7-21-37-47)52-55(43-28-12-3-13-29-43,44-30-14-4-15-31-44)50-54(41-24-8-1-9-25-41,42-26-10-2-11-27-42)51-56(53-57,45-32-16-5-17-33-45)46-34-18-6-19-35-46/h1-39H. The SMILES string of the molecule is Clc1cccc([Si]2(c3ccccc3)O[Si](c3ccccc3)(c3ccccc3)O[Si](c3ccccc3)(c3ccccc3)O[Si](c3ccccc3)(c3ccccc3)O2)c1. The first-order valence-electron chi connectivity index (χ1n) is 19.0. The lowest BCUT2D eigenvalue weighted by atomic mass is 10.4. The van der Waals surface area contributed by atoms with Gasteiger partial charge in [0.15, 0.2) is 0 Å². The average Bonchev–Trinajstić information content (AvgIpc) is 3.29. The monoisotopic (exact) mass is 826 g/mol. The number of hydrogen-bond donors (Lipinski definition) is 0. The van der Waals surface area contributed by atoms with E-state index >= 15 is 0 Å². The number of halogens is 1. The van der Waals surface area contributed by atoms with Gasteiger partial charge >= 0.3 is 34.2 Å². The highest BCUT2D eigenvalue weighted by Gasteiger charge is 2.67. The van der Waals surface area contributed by atoms with Gasteiger partial charge in [0.25, 0.3) is 0 Å². The van der Waals surface area contributed by atoms with Gasteiger partial charge in [-0.2, -0.15) is 0 Å². The first kappa shape index (κ1) is 37.3. The maximum Gasteiger partial charge on any atom is 0.390 e. The van der Waals surface area contributed by atoms with Crippen LogP contribution in [0.4, 0.5) is 0 Å². The third kappa shape index (κ3) is 6.85. The van der Waals surface area contributed by atoms with Crippen LogP contribution in [0.1, 0.15) is 0 Å². The van der Waals surface area contributed by atoms with Crippen molar-refractivity contribution in [2.24, 2.45) is 0 Å². The number of hydrogen-bond acceptors (Lipinski definition) is 4. The summed E-state index contributed by atoms with van der Waals surface area (Å²) >= 11 is 6.98. The van der Waals surface area contributed by atoms with Crippen molar-refractivity contribution in [2.75, 3.05) is 0 Å². The molecular weight excluding hydrogens is 788 g/mol. The van der Waals surface area contributed by atoms with Crippen molar-refractivity contribution in [3.63, 3.8) is 0 Å². The molecule has 1 heterocycles. The Morgan fingerprint density at radius 1 is 0.228 bits per heavy atom. The molecule has 0 saturated carbocycles. The van der Waals surface area contributed by atoms with Crippen molar-refractivity contribution < 1.29 is 16.5 Å². The molecule has 0 bridgehead atoms. The Hall–Kier alpha value is -5.24. The molecule has 1 aliphatic rings. The highest BCUT2D eigenvalue weighted by molar-refractivity contribution is 7.16. The predicted molar refractivity (Wildman–Crippen MR) is 241 cm³/mol. The van der Waals surface area contributed by atoms with Crippen LogP contribution in [0.2, 0.25) is 5.02 Å². The summed E-state index contributed by atoms with van der Waals surface area (Å²) in [4.78, 5) is 0. The smallest absolute Gasteiger partial charge is 0.390 e. The van der Waals surface area contributed by atoms with Crippen LogP contribution in [0.3, 0.4) is 0 Å². The van der Waals surface area contributed by atoms with E-state index in [1.807, 2.05) is 60.7 Å². The van der Waals surface area contributed by atoms with Gasteiger partial charge in [-0.25, -0.2) is 0 Å². The topological polar surface area (TPSA) is 36.9 Å². The second-order valence-corrected chi connectivity index (χ2v) is 27.2.